The zero-order chi connectivity index (χ0) is 21.6. The van der Waals surface area contributed by atoms with Crippen LogP contribution in [0.15, 0.2) is 61.1 Å². The third-order valence-electron chi connectivity index (χ3n) is 5.48. The van der Waals surface area contributed by atoms with Crippen LogP contribution >= 0.6 is 0 Å². The van der Waals surface area contributed by atoms with Crippen molar-refractivity contribution in [2.75, 3.05) is 37.6 Å². The second-order valence-electron chi connectivity index (χ2n) is 7.46. The number of nitrogens with zero attached hydrogens (tertiary/aromatic N) is 5. The third-order valence-corrected chi connectivity index (χ3v) is 5.48. The second-order valence-corrected chi connectivity index (χ2v) is 7.46. The monoisotopic (exact) mass is 418 g/mol. The maximum absolute atomic E-state index is 12.5. The van der Waals surface area contributed by atoms with Gasteiger partial charge in [-0.05, 0) is 36.4 Å². The number of hydrogen-bond acceptors (Lipinski definition) is 6. The molecular formula is C23H26N6O2. The van der Waals surface area contributed by atoms with E-state index in [0.29, 0.717) is 0 Å². The number of carbonyl (C=O) groups excluding carboxylic acids is 2. The standard InChI is InChI=1S/C23H26N6O2/c1-2-27-10-12-28(13-11-27)21-14-18(8-9-24-21)15-25-23(31)22(30)19-16-26-29(17-19)20-6-4-3-5-7-20/h3-9,14,16-17H,2,10-13,15H2,1H3,(H,25,31). The summed E-state index contributed by atoms with van der Waals surface area (Å²) in [6, 6.07) is 13.3. The highest BCUT2D eigenvalue weighted by Crippen LogP contribution is 2.15. The summed E-state index contributed by atoms with van der Waals surface area (Å²) in [5, 5.41) is 6.89. The highest BCUT2D eigenvalue weighted by Gasteiger charge is 2.19. The van der Waals surface area contributed by atoms with E-state index in [9.17, 15) is 9.59 Å². The minimum absolute atomic E-state index is 0.255. The molecule has 1 fully saturated rings. The predicted octanol–water partition coefficient (Wildman–Crippen LogP) is 1.91. The molecule has 1 aliphatic rings. The zero-order valence-electron chi connectivity index (χ0n) is 17.6. The zero-order valence-corrected chi connectivity index (χ0v) is 17.6. The molecule has 1 aromatic carbocycles. The number of para-hydroxylation sites is 1. The van der Waals surface area contributed by atoms with E-state index in [-0.39, 0.29) is 12.1 Å². The van der Waals surface area contributed by atoms with Crippen LogP contribution in [0.5, 0.6) is 0 Å². The highest BCUT2D eigenvalue weighted by molar-refractivity contribution is 6.42. The van der Waals surface area contributed by atoms with Crippen LogP contribution in [0.3, 0.4) is 0 Å². The molecule has 0 saturated carbocycles. The first-order valence-corrected chi connectivity index (χ1v) is 10.5. The molecule has 0 aliphatic carbocycles. The number of likely N-dealkylation sites (N-methyl/N-ethyl adjacent to an activating group) is 1. The number of pyridine rings is 1. The number of rotatable bonds is 7. The Balaban J connectivity index is 1.35. The summed E-state index contributed by atoms with van der Waals surface area (Å²) in [6.07, 6.45) is 4.72. The Hall–Kier alpha value is -3.52. The first-order valence-electron chi connectivity index (χ1n) is 10.5. The van der Waals surface area contributed by atoms with Gasteiger partial charge in [-0.15, -0.1) is 0 Å². The average Bonchev–Trinajstić information content (AvgIpc) is 3.33. The number of anilines is 1. The molecule has 1 amide bonds. The van der Waals surface area contributed by atoms with Crippen LogP contribution < -0.4 is 10.2 Å². The van der Waals surface area contributed by atoms with Gasteiger partial charge in [0.05, 0.1) is 17.4 Å². The number of piperazine rings is 1. The van der Waals surface area contributed by atoms with Crippen LogP contribution in [-0.2, 0) is 11.3 Å². The molecule has 8 nitrogen and oxygen atoms in total. The average molecular weight is 419 g/mol. The lowest BCUT2D eigenvalue weighted by Gasteiger charge is -2.34. The first-order chi connectivity index (χ1) is 15.1. The Kier molecular flexibility index (Phi) is 6.37. The van der Waals surface area contributed by atoms with Gasteiger partial charge in [0.15, 0.2) is 0 Å². The van der Waals surface area contributed by atoms with Crippen molar-refractivity contribution in [3.8, 4) is 5.69 Å². The number of Topliss-reactive ketones (excluding diaryl/α,β-unsaturated/α-hetero) is 1. The van der Waals surface area contributed by atoms with E-state index >= 15 is 0 Å². The molecule has 0 spiro atoms. The Morgan fingerprint density at radius 1 is 1.06 bits per heavy atom. The minimum atomic E-state index is -0.650. The molecule has 0 atom stereocenters. The van der Waals surface area contributed by atoms with Gasteiger partial charge < -0.3 is 15.1 Å². The van der Waals surface area contributed by atoms with Crippen molar-refractivity contribution in [1.82, 2.24) is 25.0 Å². The van der Waals surface area contributed by atoms with E-state index in [2.05, 4.69) is 32.1 Å². The lowest BCUT2D eigenvalue weighted by atomic mass is 10.2. The van der Waals surface area contributed by atoms with Crippen LogP contribution in [-0.4, -0.2) is 64.1 Å². The largest absolute Gasteiger partial charge is 0.354 e. The molecule has 2 aromatic heterocycles. The first kappa shape index (κ1) is 20.7. The van der Waals surface area contributed by atoms with E-state index < -0.39 is 11.7 Å². The molecule has 8 heteroatoms. The van der Waals surface area contributed by atoms with Crippen molar-refractivity contribution in [3.05, 3.63) is 72.2 Å². The quantitative estimate of drug-likeness (QED) is 0.466. The highest BCUT2D eigenvalue weighted by atomic mass is 16.2. The molecule has 1 N–H and O–H groups in total. The van der Waals surface area contributed by atoms with Crippen molar-refractivity contribution >= 4 is 17.5 Å². The van der Waals surface area contributed by atoms with Crippen LogP contribution in [0.4, 0.5) is 5.82 Å². The topological polar surface area (TPSA) is 83.4 Å². The molecule has 3 aromatic rings. The maximum Gasteiger partial charge on any atom is 0.292 e. The van der Waals surface area contributed by atoms with Crippen LogP contribution in [0.2, 0.25) is 0 Å². The Morgan fingerprint density at radius 2 is 1.84 bits per heavy atom. The van der Waals surface area contributed by atoms with Crippen molar-refractivity contribution in [2.45, 2.75) is 13.5 Å². The van der Waals surface area contributed by atoms with Crippen molar-refractivity contribution in [1.29, 1.82) is 0 Å². The summed E-state index contributed by atoms with van der Waals surface area (Å²) in [5.74, 6) is -0.354. The van der Waals surface area contributed by atoms with Gasteiger partial charge in [0.2, 0.25) is 0 Å². The predicted molar refractivity (Wildman–Crippen MR) is 118 cm³/mol. The molecule has 0 radical (unpaired) electrons. The van der Waals surface area contributed by atoms with E-state index in [4.69, 9.17) is 0 Å². The number of benzene rings is 1. The summed E-state index contributed by atoms with van der Waals surface area (Å²) in [6.45, 7) is 7.40. The second kappa shape index (κ2) is 9.53. The van der Waals surface area contributed by atoms with Gasteiger partial charge in [0.25, 0.3) is 11.7 Å². The molecule has 4 rings (SSSR count). The van der Waals surface area contributed by atoms with Gasteiger partial charge in [-0.3, -0.25) is 9.59 Å². The SMILES string of the molecule is CCN1CCN(c2cc(CNC(=O)C(=O)c3cnn(-c4ccccc4)c3)ccn2)CC1. The van der Waals surface area contributed by atoms with E-state index in [1.807, 2.05) is 42.5 Å². The van der Waals surface area contributed by atoms with Crippen LogP contribution in [0.1, 0.15) is 22.8 Å². The third kappa shape index (κ3) is 4.97. The molecular weight excluding hydrogens is 392 g/mol. The number of aromatic nitrogens is 3. The fourth-order valence-corrected chi connectivity index (χ4v) is 3.59. The van der Waals surface area contributed by atoms with Gasteiger partial charge in [-0.2, -0.15) is 5.10 Å². The van der Waals surface area contributed by atoms with E-state index in [1.165, 1.54) is 6.20 Å². The molecule has 31 heavy (non-hydrogen) atoms. The number of carbonyl (C=O) groups is 2. The molecule has 0 bridgehead atoms. The lowest BCUT2D eigenvalue weighted by Crippen LogP contribution is -2.46. The molecule has 160 valence electrons. The maximum atomic E-state index is 12.5. The van der Waals surface area contributed by atoms with E-state index in [0.717, 1.165) is 49.8 Å². The van der Waals surface area contributed by atoms with Crippen LogP contribution in [0, 0.1) is 0 Å². The Bertz CT molecular complexity index is 1040. The molecule has 3 heterocycles. The van der Waals surface area contributed by atoms with Crippen LogP contribution in [0.25, 0.3) is 5.69 Å². The summed E-state index contributed by atoms with van der Waals surface area (Å²) in [5.41, 5.74) is 1.99. The van der Waals surface area contributed by atoms with Gasteiger partial charge in [-0.25, -0.2) is 9.67 Å². The number of nitrogens with one attached hydrogen (secondary N) is 1. The summed E-state index contributed by atoms with van der Waals surface area (Å²) < 4.78 is 1.58. The Morgan fingerprint density at radius 3 is 2.58 bits per heavy atom. The summed E-state index contributed by atoms with van der Waals surface area (Å²) in [4.78, 5) is 34.0. The van der Waals surface area contributed by atoms with Crippen molar-refractivity contribution in [2.24, 2.45) is 0 Å². The number of amides is 1. The fraction of sp³-hybridized carbons (Fsp3) is 0.304. The van der Waals surface area contributed by atoms with Gasteiger partial charge in [0.1, 0.15) is 5.82 Å². The van der Waals surface area contributed by atoms with E-state index in [1.54, 1.807) is 17.1 Å². The number of ketones is 1. The Labute approximate surface area is 181 Å². The van der Waals surface area contributed by atoms with Crippen molar-refractivity contribution < 1.29 is 9.59 Å². The van der Waals surface area contributed by atoms with Crippen molar-refractivity contribution in [3.63, 3.8) is 0 Å². The van der Waals surface area contributed by atoms with Gasteiger partial charge >= 0.3 is 0 Å². The molecule has 1 saturated heterocycles. The summed E-state index contributed by atoms with van der Waals surface area (Å²) in [7, 11) is 0. The fourth-order valence-electron chi connectivity index (χ4n) is 3.59. The molecule has 0 unspecified atom stereocenters. The van der Waals surface area contributed by atoms with Gasteiger partial charge in [0, 0.05) is 45.1 Å². The smallest absolute Gasteiger partial charge is 0.292 e. The minimum Gasteiger partial charge on any atom is -0.354 e. The number of hydrogen-bond donors (Lipinski definition) is 1. The summed E-state index contributed by atoms with van der Waals surface area (Å²) >= 11 is 0. The van der Waals surface area contributed by atoms with Gasteiger partial charge in [-0.1, -0.05) is 25.1 Å². The normalized spacial score (nSPS) is 14.4. The lowest BCUT2D eigenvalue weighted by molar-refractivity contribution is -0.117. The molecule has 1 aliphatic heterocycles.